The van der Waals surface area contributed by atoms with Gasteiger partial charge in [0.05, 0.1) is 5.75 Å². The number of halogens is 1. The standard InChI is InChI=1S/C13H19ClO3S/c1-5-9-6-10(8-18(14,16)17)12(15)11(7-9)13(2,3)4/h6-7,15H,5,8H2,1-4H3. The van der Waals surface area contributed by atoms with E-state index < -0.39 is 9.05 Å². The van der Waals surface area contributed by atoms with Crippen molar-refractivity contribution in [3.05, 3.63) is 28.8 Å². The topological polar surface area (TPSA) is 54.4 Å². The highest BCUT2D eigenvalue weighted by Crippen LogP contribution is 2.35. The molecule has 1 N–H and O–H groups in total. The summed E-state index contributed by atoms with van der Waals surface area (Å²) in [6.45, 7) is 7.90. The zero-order valence-corrected chi connectivity index (χ0v) is 12.7. The fourth-order valence-electron chi connectivity index (χ4n) is 1.83. The van der Waals surface area contributed by atoms with Crippen LogP contribution in [0.2, 0.25) is 0 Å². The van der Waals surface area contributed by atoms with Crippen LogP contribution in [0, 0.1) is 0 Å². The first-order valence-electron chi connectivity index (χ1n) is 5.82. The summed E-state index contributed by atoms with van der Waals surface area (Å²) >= 11 is 0. The van der Waals surface area contributed by atoms with Gasteiger partial charge in [0.15, 0.2) is 0 Å². The maximum atomic E-state index is 11.2. The van der Waals surface area contributed by atoms with Gasteiger partial charge in [-0.2, -0.15) is 0 Å². The number of hydrogen-bond donors (Lipinski definition) is 1. The van der Waals surface area contributed by atoms with Gasteiger partial charge in [0.2, 0.25) is 9.05 Å². The molecule has 18 heavy (non-hydrogen) atoms. The Morgan fingerprint density at radius 1 is 1.28 bits per heavy atom. The summed E-state index contributed by atoms with van der Waals surface area (Å²) in [7, 11) is 1.59. The molecule has 1 rings (SSSR count). The Bertz CT molecular complexity index is 542. The molecule has 0 aliphatic heterocycles. The van der Waals surface area contributed by atoms with E-state index in [9.17, 15) is 13.5 Å². The average Bonchev–Trinajstić information content (AvgIpc) is 2.17. The van der Waals surface area contributed by atoms with E-state index in [1.165, 1.54) is 0 Å². The Morgan fingerprint density at radius 3 is 2.22 bits per heavy atom. The highest BCUT2D eigenvalue weighted by Gasteiger charge is 2.22. The minimum atomic E-state index is -3.67. The van der Waals surface area contributed by atoms with Gasteiger partial charge in [-0.25, -0.2) is 8.42 Å². The second-order valence-corrected chi connectivity index (χ2v) is 8.21. The lowest BCUT2D eigenvalue weighted by Crippen LogP contribution is -2.13. The first kappa shape index (κ1) is 15.3. The van der Waals surface area contributed by atoms with E-state index in [4.69, 9.17) is 10.7 Å². The minimum Gasteiger partial charge on any atom is -0.507 e. The van der Waals surface area contributed by atoms with Crippen LogP contribution in [-0.4, -0.2) is 13.5 Å². The van der Waals surface area contributed by atoms with Gasteiger partial charge in [0, 0.05) is 16.2 Å². The van der Waals surface area contributed by atoms with E-state index in [-0.39, 0.29) is 16.9 Å². The van der Waals surface area contributed by atoms with Crippen LogP contribution in [0.15, 0.2) is 12.1 Å². The number of phenolic OH excluding ortho intramolecular Hbond substituents is 1. The van der Waals surface area contributed by atoms with E-state index in [0.717, 1.165) is 17.5 Å². The van der Waals surface area contributed by atoms with Crippen LogP contribution in [0.1, 0.15) is 44.4 Å². The molecule has 0 aliphatic carbocycles. The van der Waals surface area contributed by atoms with Crippen LogP contribution >= 0.6 is 10.7 Å². The summed E-state index contributed by atoms with van der Waals surface area (Å²) in [5.41, 5.74) is 1.86. The molecule has 0 fully saturated rings. The molecule has 0 unspecified atom stereocenters. The smallest absolute Gasteiger partial charge is 0.236 e. The van der Waals surface area contributed by atoms with Crippen LogP contribution < -0.4 is 0 Å². The number of rotatable bonds is 3. The lowest BCUT2D eigenvalue weighted by Gasteiger charge is -2.23. The van der Waals surface area contributed by atoms with Gasteiger partial charge in [-0.1, -0.05) is 39.8 Å². The van der Waals surface area contributed by atoms with Crippen molar-refractivity contribution in [1.29, 1.82) is 0 Å². The summed E-state index contributed by atoms with van der Waals surface area (Å²) in [5, 5.41) is 10.2. The Morgan fingerprint density at radius 2 is 1.83 bits per heavy atom. The number of benzene rings is 1. The third-order valence-corrected chi connectivity index (χ3v) is 3.78. The average molecular weight is 291 g/mol. The van der Waals surface area contributed by atoms with Gasteiger partial charge in [-0.05, 0) is 23.0 Å². The van der Waals surface area contributed by atoms with Crippen molar-refractivity contribution in [3.8, 4) is 5.75 Å². The Kier molecular flexibility index (Phi) is 4.34. The maximum absolute atomic E-state index is 11.2. The number of aryl methyl sites for hydroxylation is 1. The molecule has 5 heteroatoms. The van der Waals surface area contributed by atoms with Crippen molar-refractivity contribution in [3.63, 3.8) is 0 Å². The Hall–Kier alpha value is -0.740. The summed E-state index contributed by atoms with van der Waals surface area (Å²) in [6.07, 6.45) is 0.776. The lowest BCUT2D eigenvalue weighted by atomic mass is 9.84. The largest absolute Gasteiger partial charge is 0.507 e. The first-order valence-corrected chi connectivity index (χ1v) is 8.30. The normalized spacial score (nSPS) is 12.7. The van der Waals surface area contributed by atoms with E-state index in [1.807, 2.05) is 33.8 Å². The fourth-order valence-corrected chi connectivity index (χ4v) is 2.78. The molecule has 0 radical (unpaired) electrons. The first-order chi connectivity index (χ1) is 8.04. The fraction of sp³-hybridized carbons (Fsp3) is 0.538. The van der Waals surface area contributed by atoms with Crippen molar-refractivity contribution in [2.45, 2.75) is 45.3 Å². The van der Waals surface area contributed by atoms with Gasteiger partial charge in [-0.3, -0.25) is 0 Å². The van der Waals surface area contributed by atoms with Crippen LogP contribution in [0.25, 0.3) is 0 Å². The minimum absolute atomic E-state index is 0.0314. The molecule has 3 nitrogen and oxygen atoms in total. The van der Waals surface area contributed by atoms with Gasteiger partial charge in [-0.15, -0.1) is 0 Å². The molecular formula is C13H19ClO3S. The monoisotopic (exact) mass is 290 g/mol. The summed E-state index contributed by atoms with van der Waals surface area (Å²) in [6, 6.07) is 3.62. The SMILES string of the molecule is CCc1cc(CS(=O)(=O)Cl)c(O)c(C(C)(C)C)c1. The van der Waals surface area contributed by atoms with E-state index >= 15 is 0 Å². The summed E-state index contributed by atoms with van der Waals surface area (Å²) in [5.74, 6) is -0.318. The third-order valence-electron chi connectivity index (χ3n) is 2.79. The van der Waals surface area contributed by atoms with Gasteiger partial charge >= 0.3 is 0 Å². The quantitative estimate of drug-likeness (QED) is 0.869. The number of aromatic hydroxyl groups is 1. The highest BCUT2D eigenvalue weighted by atomic mass is 35.7. The molecule has 0 aromatic heterocycles. The Labute approximate surface area is 113 Å². The van der Waals surface area contributed by atoms with E-state index in [1.54, 1.807) is 6.07 Å². The second kappa shape index (κ2) is 5.10. The molecule has 102 valence electrons. The number of hydrogen-bond acceptors (Lipinski definition) is 3. The van der Waals surface area contributed by atoms with Crippen molar-refractivity contribution >= 4 is 19.7 Å². The highest BCUT2D eigenvalue weighted by molar-refractivity contribution is 8.13. The molecule has 0 atom stereocenters. The molecule has 0 aliphatic rings. The van der Waals surface area contributed by atoms with Crippen molar-refractivity contribution < 1.29 is 13.5 Å². The molecule has 0 saturated heterocycles. The molecule has 1 aromatic rings. The summed E-state index contributed by atoms with van der Waals surface area (Å²) in [4.78, 5) is 0. The molecule has 0 spiro atoms. The number of phenols is 1. The zero-order chi connectivity index (χ0) is 14.1. The summed E-state index contributed by atoms with van der Waals surface area (Å²) < 4.78 is 22.3. The molecule has 0 amide bonds. The molecule has 0 heterocycles. The predicted molar refractivity (Wildman–Crippen MR) is 74.7 cm³/mol. The predicted octanol–water partition coefficient (Wildman–Crippen LogP) is 3.32. The molecule has 1 aromatic carbocycles. The van der Waals surface area contributed by atoms with Crippen LogP contribution in [0.4, 0.5) is 0 Å². The van der Waals surface area contributed by atoms with Crippen LogP contribution in [0.5, 0.6) is 5.75 Å². The molecule has 0 bridgehead atoms. The van der Waals surface area contributed by atoms with Gasteiger partial charge in [0.1, 0.15) is 5.75 Å². The maximum Gasteiger partial charge on any atom is 0.236 e. The van der Waals surface area contributed by atoms with E-state index in [2.05, 4.69) is 0 Å². The molecular weight excluding hydrogens is 272 g/mol. The van der Waals surface area contributed by atoms with Crippen LogP contribution in [-0.2, 0) is 26.6 Å². The zero-order valence-electron chi connectivity index (χ0n) is 11.1. The van der Waals surface area contributed by atoms with Crippen molar-refractivity contribution in [2.75, 3.05) is 0 Å². The lowest BCUT2D eigenvalue weighted by molar-refractivity contribution is 0.441. The van der Waals surface area contributed by atoms with E-state index in [0.29, 0.717) is 5.56 Å². The van der Waals surface area contributed by atoms with Crippen LogP contribution in [0.3, 0.4) is 0 Å². The van der Waals surface area contributed by atoms with Crippen molar-refractivity contribution in [2.24, 2.45) is 0 Å². The van der Waals surface area contributed by atoms with Gasteiger partial charge in [0.25, 0.3) is 0 Å². The molecule has 0 saturated carbocycles. The van der Waals surface area contributed by atoms with Gasteiger partial charge < -0.3 is 5.11 Å². The second-order valence-electron chi connectivity index (χ2n) is 5.44. The third kappa shape index (κ3) is 3.89. The Balaban J connectivity index is 3.44. The van der Waals surface area contributed by atoms with Crippen molar-refractivity contribution in [1.82, 2.24) is 0 Å².